The van der Waals surface area contributed by atoms with E-state index in [4.69, 9.17) is 9.47 Å². The molecule has 4 nitrogen and oxygen atoms in total. The Labute approximate surface area is 122 Å². The summed E-state index contributed by atoms with van der Waals surface area (Å²) in [6.45, 7) is 10.7. The van der Waals surface area contributed by atoms with Crippen LogP contribution in [0.4, 0.5) is 0 Å². The minimum absolute atomic E-state index is 0.150. The quantitative estimate of drug-likeness (QED) is 0.706. The van der Waals surface area contributed by atoms with E-state index >= 15 is 0 Å². The number of pyridine rings is 1. The zero-order chi connectivity index (χ0) is 15.0. The number of aromatic nitrogens is 1. The maximum Gasteiger partial charge on any atom is 0.127 e. The maximum absolute atomic E-state index is 5.93. The lowest BCUT2D eigenvalue weighted by molar-refractivity contribution is 0.00536. The first-order valence-electron chi connectivity index (χ1n) is 7.32. The van der Waals surface area contributed by atoms with E-state index < -0.39 is 0 Å². The third-order valence-corrected chi connectivity index (χ3v) is 3.34. The number of hydrogen-bond acceptors (Lipinski definition) is 4. The molecule has 1 heterocycles. The van der Waals surface area contributed by atoms with E-state index in [9.17, 15) is 0 Å². The topological polar surface area (TPSA) is 43.4 Å². The molecule has 0 atom stereocenters. The third-order valence-electron chi connectivity index (χ3n) is 3.34. The number of ether oxygens (including phenoxy) is 2. The number of aryl methyl sites for hydroxylation is 1. The predicted octanol–water partition coefficient (Wildman–Crippen LogP) is 3.08. The van der Waals surface area contributed by atoms with Gasteiger partial charge in [0.05, 0.1) is 12.2 Å². The highest BCUT2D eigenvalue weighted by atomic mass is 16.5. The van der Waals surface area contributed by atoms with Crippen LogP contribution in [0, 0.1) is 6.92 Å². The molecule has 0 fully saturated rings. The molecule has 1 aromatic rings. The van der Waals surface area contributed by atoms with Crippen molar-refractivity contribution in [3.8, 4) is 5.75 Å². The minimum atomic E-state index is -0.150. The van der Waals surface area contributed by atoms with Gasteiger partial charge in [0.2, 0.25) is 0 Å². The molecule has 0 bridgehead atoms. The molecule has 1 rings (SSSR count). The Balaban J connectivity index is 2.60. The highest BCUT2D eigenvalue weighted by Gasteiger charge is 2.16. The first-order valence-corrected chi connectivity index (χ1v) is 7.32. The summed E-state index contributed by atoms with van der Waals surface area (Å²) in [5.41, 5.74) is 1.94. The van der Waals surface area contributed by atoms with Gasteiger partial charge in [-0.15, -0.1) is 0 Å². The van der Waals surface area contributed by atoms with Gasteiger partial charge >= 0.3 is 0 Å². The van der Waals surface area contributed by atoms with Crippen molar-refractivity contribution in [2.24, 2.45) is 0 Å². The molecule has 0 saturated heterocycles. The molecule has 0 amide bonds. The molecule has 0 spiro atoms. The molecule has 20 heavy (non-hydrogen) atoms. The van der Waals surface area contributed by atoms with Crippen LogP contribution in [0.5, 0.6) is 5.75 Å². The van der Waals surface area contributed by atoms with E-state index in [1.165, 1.54) is 0 Å². The fourth-order valence-electron chi connectivity index (χ4n) is 1.74. The summed E-state index contributed by atoms with van der Waals surface area (Å²) in [5.74, 6) is 0.924. The van der Waals surface area contributed by atoms with Gasteiger partial charge in [0.1, 0.15) is 5.75 Å². The van der Waals surface area contributed by atoms with E-state index in [-0.39, 0.29) is 5.60 Å². The molecule has 114 valence electrons. The molecule has 1 N–H and O–H groups in total. The van der Waals surface area contributed by atoms with Gasteiger partial charge in [0.15, 0.2) is 0 Å². The van der Waals surface area contributed by atoms with Crippen molar-refractivity contribution in [2.45, 2.75) is 52.7 Å². The third kappa shape index (κ3) is 5.88. The first-order chi connectivity index (χ1) is 9.48. The van der Waals surface area contributed by atoms with E-state index in [0.29, 0.717) is 6.61 Å². The van der Waals surface area contributed by atoms with Crippen LogP contribution in [0.1, 0.15) is 44.9 Å². The summed E-state index contributed by atoms with van der Waals surface area (Å²) in [6.07, 6.45) is 3.87. The van der Waals surface area contributed by atoms with Gasteiger partial charge in [-0.05, 0) is 33.7 Å². The van der Waals surface area contributed by atoms with Crippen LogP contribution in [-0.2, 0) is 11.3 Å². The Hall–Kier alpha value is -1.13. The predicted molar refractivity (Wildman–Crippen MR) is 82.2 cm³/mol. The molecule has 1 aromatic heterocycles. The zero-order valence-corrected chi connectivity index (χ0v) is 13.5. The van der Waals surface area contributed by atoms with Gasteiger partial charge in [-0.2, -0.15) is 0 Å². The molecule has 0 aliphatic carbocycles. The lowest BCUT2D eigenvalue weighted by atomic mass is 10.1. The van der Waals surface area contributed by atoms with Crippen LogP contribution in [0.2, 0.25) is 0 Å². The highest BCUT2D eigenvalue weighted by Crippen LogP contribution is 2.20. The summed E-state index contributed by atoms with van der Waals surface area (Å²) in [4.78, 5) is 4.35. The van der Waals surface area contributed by atoms with Crippen LogP contribution in [0.3, 0.4) is 0 Å². The van der Waals surface area contributed by atoms with Gasteiger partial charge in [0, 0.05) is 43.6 Å². The van der Waals surface area contributed by atoms with E-state index in [0.717, 1.165) is 42.9 Å². The van der Waals surface area contributed by atoms with Crippen LogP contribution in [0.15, 0.2) is 12.3 Å². The molecule has 4 heteroatoms. The fourth-order valence-corrected chi connectivity index (χ4v) is 1.74. The first kappa shape index (κ1) is 16.9. The molecule has 0 aliphatic rings. The summed E-state index contributed by atoms with van der Waals surface area (Å²) in [6, 6.07) is 2.00. The number of rotatable bonds is 9. The second-order valence-electron chi connectivity index (χ2n) is 5.67. The van der Waals surface area contributed by atoms with Crippen molar-refractivity contribution >= 4 is 0 Å². The Kier molecular flexibility index (Phi) is 6.96. The SMILES string of the molecule is CCCNCc1cnc(C)cc1OCCC(C)(C)OC. The maximum atomic E-state index is 5.93. The van der Waals surface area contributed by atoms with Crippen LogP contribution in [0.25, 0.3) is 0 Å². The summed E-state index contributed by atoms with van der Waals surface area (Å²) >= 11 is 0. The van der Waals surface area contributed by atoms with Gasteiger partial charge in [0.25, 0.3) is 0 Å². The molecule has 0 unspecified atom stereocenters. The van der Waals surface area contributed by atoms with Crippen molar-refractivity contribution in [1.82, 2.24) is 10.3 Å². The highest BCUT2D eigenvalue weighted by molar-refractivity contribution is 5.32. The van der Waals surface area contributed by atoms with Crippen molar-refractivity contribution in [2.75, 3.05) is 20.3 Å². The Morgan fingerprint density at radius 2 is 2.10 bits per heavy atom. The molecule has 0 aliphatic heterocycles. The number of hydrogen-bond donors (Lipinski definition) is 1. The largest absolute Gasteiger partial charge is 0.493 e. The minimum Gasteiger partial charge on any atom is -0.493 e. The van der Waals surface area contributed by atoms with Crippen molar-refractivity contribution in [3.05, 3.63) is 23.5 Å². The number of methoxy groups -OCH3 is 1. The average Bonchev–Trinajstić information content (AvgIpc) is 2.41. The molecule has 0 aromatic carbocycles. The molecule has 0 saturated carbocycles. The van der Waals surface area contributed by atoms with Gasteiger partial charge in [-0.3, -0.25) is 4.98 Å². The van der Waals surface area contributed by atoms with E-state index in [1.54, 1.807) is 7.11 Å². The Morgan fingerprint density at radius 3 is 2.75 bits per heavy atom. The normalized spacial score (nSPS) is 11.7. The molecular weight excluding hydrogens is 252 g/mol. The average molecular weight is 280 g/mol. The van der Waals surface area contributed by atoms with Crippen LogP contribution < -0.4 is 10.1 Å². The standard InChI is InChI=1S/C16H28N2O2/c1-6-8-17-11-14-12-18-13(2)10-15(14)20-9-7-16(3,4)19-5/h10,12,17H,6-9,11H2,1-5H3. The molecule has 0 radical (unpaired) electrons. The van der Waals surface area contributed by atoms with Crippen molar-refractivity contribution in [3.63, 3.8) is 0 Å². The summed E-state index contributed by atoms with van der Waals surface area (Å²) in [5, 5.41) is 3.38. The van der Waals surface area contributed by atoms with Gasteiger partial charge < -0.3 is 14.8 Å². The smallest absolute Gasteiger partial charge is 0.127 e. The monoisotopic (exact) mass is 280 g/mol. The zero-order valence-electron chi connectivity index (χ0n) is 13.5. The van der Waals surface area contributed by atoms with E-state index in [1.807, 2.05) is 19.2 Å². The van der Waals surface area contributed by atoms with Gasteiger partial charge in [-0.25, -0.2) is 0 Å². The Morgan fingerprint density at radius 1 is 1.35 bits per heavy atom. The number of nitrogens with zero attached hydrogens (tertiary/aromatic N) is 1. The Bertz CT molecular complexity index is 405. The summed E-state index contributed by atoms with van der Waals surface area (Å²) < 4.78 is 11.3. The second-order valence-corrected chi connectivity index (χ2v) is 5.67. The van der Waals surface area contributed by atoms with Crippen LogP contribution in [-0.4, -0.2) is 30.8 Å². The van der Waals surface area contributed by atoms with E-state index in [2.05, 4.69) is 31.1 Å². The lowest BCUT2D eigenvalue weighted by Gasteiger charge is -2.23. The van der Waals surface area contributed by atoms with Gasteiger partial charge in [-0.1, -0.05) is 6.92 Å². The fraction of sp³-hybridized carbons (Fsp3) is 0.688. The van der Waals surface area contributed by atoms with Crippen molar-refractivity contribution < 1.29 is 9.47 Å². The number of nitrogens with one attached hydrogen (secondary N) is 1. The lowest BCUT2D eigenvalue weighted by Crippen LogP contribution is -2.25. The van der Waals surface area contributed by atoms with Crippen molar-refractivity contribution in [1.29, 1.82) is 0 Å². The van der Waals surface area contributed by atoms with Crippen LogP contribution >= 0.6 is 0 Å². The molecular formula is C16H28N2O2. The second kappa shape index (κ2) is 8.22. The summed E-state index contributed by atoms with van der Waals surface area (Å²) in [7, 11) is 1.73.